The van der Waals surface area contributed by atoms with Crippen molar-refractivity contribution in [1.29, 1.82) is 0 Å². The second-order valence-electron chi connectivity index (χ2n) is 4.81. The van der Waals surface area contributed by atoms with E-state index in [0.717, 1.165) is 10.4 Å². The molecule has 0 amide bonds. The van der Waals surface area contributed by atoms with E-state index < -0.39 is 15.8 Å². The van der Waals surface area contributed by atoms with Crippen LogP contribution in [0.4, 0.5) is 10.1 Å². The van der Waals surface area contributed by atoms with Crippen LogP contribution in [0.15, 0.2) is 27.6 Å². The quantitative estimate of drug-likeness (QED) is 0.870. The second-order valence-corrected chi connectivity index (χ2v) is 6.85. The van der Waals surface area contributed by atoms with Crippen LogP contribution in [0.25, 0.3) is 0 Å². The first-order valence-electron chi connectivity index (χ1n) is 6.16. The molecule has 0 atom stereocenters. The minimum absolute atomic E-state index is 0.0229. The number of rotatable bonds is 4. The summed E-state index contributed by atoms with van der Waals surface area (Å²) in [7, 11) is -2.48. The average Bonchev–Trinajstić information content (AvgIpc) is 2.80. The molecule has 0 bridgehead atoms. The largest absolute Gasteiger partial charge is 0.398 e. The van der Waals surface area contributed by atoms with Crippen molar-refractivity contribution in [3.8, 4) is 0 Å². The molecular formula is C13H16FN3O3S. The van der Waals surface area contributed by atoms with Crippen molar-refractivity contribution in [2.75, 3.05) is 12.8 Å². The van der Waals surface area contributed by atoms with E-state index in [1.54, 1.807) is 13.0 Å². The van der Waals surface area contributed by atoms with Gasteiger partial charge in [-0.25, -0.2) is 12.8 Å². The summed E-state index contributed by atoms with van der Waals surface area (Å²) in [6.45, 7) is 3.22. The van der Waals surface area contributed by atoms with Crippen LogP contribution in [-0.2, 0) is 16.6 Å². The van der Waals surface area contributed by atoms with Crippen molar-refractivity contribution in [2.45, 2.75) is 25.3 Å². The minimum Gasteiger partial charge on any atom is -0.398 e. The third-order valence-electron chi connectivity index (χ3n) is 3.13. The molecule has 0 fully saturated rings. The summed E-state index contributed by atoms with van der Waals surface area (Å²) >= 11 is 0. The molecule has 2 rings (SSSR count). The molecule has 1 aromatic heterocycles. The van der Waals surface area contributed by atoms with E-state index in [2.05, 4.69) is 5.16 Å². The summed E-state index contributed by atoms with van der Waals surface area (Å²) in [4.78, 5) is -0.189. The molecule has 0 aliphatic carbocycles. The van der Waals surface area contributed by atoms with Gasteiger partial charge in [-0.05, 0) is 26.0 Å². The summed E-state index contributed by atoms with van der Waals surface area (Å²) in [6, 6.07) is 3.85. The molecule has 2 aromatic rings. The van der Waals surface area contributed by atoms with E-state index in [0.29, 0.717) is 11.5 Å². The molecule has 8 heteroatoms. The highest BCUT2D eigenvalue weighted by atomic mass is 32.2. The molecule has 0 unspecified atom stereocenters. The number of aryl methyl sites for hydroxylation is 1. The van der Waals surface area contributed by atoms with Crippen LogP contribution in [0, 0.1) is 19.7 Å². The number of sulfonamides is 1. The number of nitrogen functional groups attached to an aromatic ring is 1. The monoisotopic (exact) mass is 313 g/mol. The molecule has 0 saturated heterocycles. The Bertz CT molecular complexity index is 748. The molecule has 2 N–H and O–H groups in total. The van der Waals surface area contributed by atoms with Gasteiger partial charge in [0.1, 0.15) is 11.6 Å². The Morgan fingerprint density at radius 1 is 1.33 bits per heavy atom. The van der Waals surface area contributed by atoms with Crippen molar-refractivity contribution in [3.63, 3.8) is 0 Å². The van der Waals surface area contributed by atoms with Crippen LogP contribution in [-0.4, -0.2) is 24.9 Å². The van der Waals surface area contributed by atoms with Gasteiger partial charge in [-0.15, -0.1) is 0 Å². The Morgan fingerprint density at radius 3 is 2.52 bits per heavy atom. The normalized spacial score (nSPS) is 12.0. The molecule has 1 heterocycles. The molecule has 1 aromatic carbocycles. The lowest BCUT2D eigenvalue weighted by atomic mass is 10.2. The highest BCUT2D eigenvalue weighted by Gasteiger charge is 2.24. The number of halogens is 1. The molecule has 114 valence electrons. The van der Waals surface area contributed by atoms with E-state index in [1.807, 2.05) is 0 Å². The average molecular weight is 313 g/mol. The molecule has 6 nitrogen and oxygen atoms in total. The molecule has 0 spiro atoms. The first kappa shape index (κ1) is 15.5. The van der Waals surface area contributed by atoms with E-state index in [4.69, 9.17) is 10.3 Å². The van der Waals surface area contributed by atoms with E-state index in [1.165, 1.54) is 20.0 Å². The first-order chi connectivity index (χ1) is 9.71. The summed E-state index contributed by atoms with van der Waals surface area (Å²) in [5, 5.41) is 3.73. The van der Waals surface area contributed by atoms with Gasteiger partial charge in [-0.3, -0.25) is 0 Å². The standard InChI is InChI=1S/C13H16FN3O3S/c1-8-4-10(16-20-8)7-17(3)21(18,19)11-5-12(14)9(2)13(15)6-11/h4-6H,7,15H2,1-3H3. The zero-order chi connectivity index (χ0) is 15.8. The molecular weight excluding hydrogens is 297 g/mol. The van der Waals surface area contributed by atoms with Crippen molar-refractivity contribution < 1.29 is 17.3 Å². The van der Waals surface area contributed by atoms with Gasteiger partial charge in [0, 0.05) is 24.4 Å². The van der Waals surface area contributed by atoms with Crippen molar-refractivity contribution in [3.05, 3.63) is 41.0 Å². The lowest BCUT2D eigenvalue weighted by Crippen LogP contribution is -2.27. The maximum atomic E-state index is 13.7. The van der Waals surface area contributed by atoms with Crippen LogP contribution < -0.4 is 5.73 Å². The van der Waals surface area contributed by atoms with E-state index in [-0.39, 0.29) is 22.7 Å². The predicted molar refractivity (Wildman–Crippen MR) is 75.4 cm³/mol. The van der Waals surface area contributed by atoms with E-state index >= 15 is 0 Å². The SMILES string of the molecule is Cc1cc(CN(C)S(=O)(=O)c2cc(N)c(C)c(F)c2)no1. The lowest BCUT2D eigenvalue weighted by molar-refractivity contribution is 0.378. The number of nitrogens with two attached hydrogens (primary N) is 1. The fraction of sp³-hybridized carbons (Fsp3) is 0.308. The number of aromatic nitrogens is 1. The van der Waals surface area contributed by atoms with Crippen LogP contribution in [0.1, 0.15) is 17.0 Å². The van der Waals surface area contributed by atoms with Gasteiger partial charge in [0.25, 0.3) is 0 Å². The fourth-order valence-electron chi connectivity index (χ4n) is 1.81. The summed E-state index contributed by atoms with van der Waals surface area (Å²) in [5.74, 6) is -0.0688. The molecule has 0 radical (unpaired) electrons. The van der Waals surface area contributed by atoms with Gasteiger partial charge in [0.2, 0.25) is 10.0 Å². The summed E-state index contributed by atoms with van der Waals surface area (Å²) in [5.41, 5.74) is 6.42. The lowest BCUT2D eigenvalue weighted by Gasteiger charge is -2.16. The Labute approximate surface area is 122 Å². The minimum atomic E-state index is -3.86. The van der Waals surface area contributed by atoms with Crippen LogP contribution >= 0.6 is 0 Å². The Hall–Kier alpha value is -1.93. The zero-order valence-corrected chi connectivity index (χ0v) is 12.7. The van der Waals surface area contributed by atoms with Gasteiger partial charge in [-0.1, -0.05) is 5.16 Å². The van der Waals surface area contributed by atoms with Gasteiger partial charge in [-0.2, -0.15) is 4.31 Å². The molecule has 0 aliphatic rings. The van der Waals surface area contributed by atoms with Crippen LogP contribution in [0.2, 0.25) is 0 Å². The van der Waals surface area contributed by atoms with Crippen LogP contribution in [0.3, 0.4) is 0 Å². The molecule has 0 saturated carbocycles. The number of benzene rings is 1. The topological polar surface area (TPSA) is 89.4 Å². The smallest absolute Gasteiger partial charge is 0.243 e. The number of anilines is 1. The fourth-order valence-corrected chi connectivity index (χ4v) is 3.00. The van der Waals surface area contributed by atoms with Gasteiger partial charge < -0.3 is 10.3 Å². The first-order valence-corrected chi connectivity index (χ1v) is 7.60. The number of nitrogens with zero attached hydrogens (tertiary/aromatic N) is 2. The summed E-state index contributed by atoms with van der Waals surface area (Å²) in [6.07, 6.45) is 0. The Kier molecular flexibility index (Phi) is 4.02. The third kappa shape index (κ3) is 3.06. The van der Waals surface area contributed by atoms with Crippen molar-refractivity contribution in [1.82, 2.24) is 9.46 Å². The number of hydrogen-bond acceptors (Lipinski definition) is 5. The van der Waals surface area contributed by atoms with Gasteiger partial charge in [0.15, 0.2) is 0 Å². The predicted octanol–water partition coefficient (Wildman–Crippen LogP) is 1.83. The zero-order valence-electron chi connectivity index (χ0n) is 11.9. The third-order valence-corrected chi connectivity index (χ3v) is 4.91. The maximum Gasteiger partial charge on any atom is 0.243 e. The Balaban J connectivity index is 2.33. The Morgan fingerprint density at radius 2 is 2.00 bits per heavy atom. The molecule has 21 heavy (non-hydrogen) atoms. The highest BCUT2D eigenvalue weighted by molar-refractivity contribution is 7.89. The summed E-state index contributed by atoms with van der Waals surface area (Å²) < 4.78 is 44.4. The second kappa shape index (κ2) is 5.45. The van der Waals surface area contributed by atoms with Crippen molar-refractivity contribution in [2.24, 2.45) is 0 Å². The van der Waals surface area contributed by atoms with Gasteiger partial charge >= 0.3 is 0 Å². The maximum absolute atomic E-state index is 13.7. The highest BCUT2D eigenvalue weighted by Crippen LogP contribution is 2.23. The van der Waals surface area contributed by atoms with Gasteiger partial charge in [0.05, 0.1) is 17.1 Å². The molecule has 0 aliphatic heterocycles. The van der Waals surface area contributed by atoms with E-state index in [9.17, 15) is 12.8 Å². The number of hydrogen-bond donors (Lipinski definition) is 1. The van der Waals surface area contributed by atoms with Crippen molar-refractivity contribution >= 4 is 15.7 Å². The van der Waals surface area contributed by atoms with Crippen LogP contribution in [0.5, 0.6) is 0 Å².